The van der Waals surface area contributed by atoms with Crippen molar-refractivity contribution in [3.05, 3.63) is 59.7 Å². The summed E-state index contributed by atoms with van der Waals surface area (Å²) >= 11 is 0. The fourth-order valence-electron chi connectivity index (χ4n) is 3.53. The van der Waals surface area contributed by atoms with Crippen molar-refractivity contribution in [1.29, 1.82) is 0 Å². The lowest BCUT2D eigenvalue weighted by molar-refractivity contribution is -0.133. The average molecular weight is 488 g/mol. The lowest BCUT2D eigenvalue weighted by atomic mass is 10.1. The number of unbranched alkanes of at least 4 members (excludes halogenated alkanes) is 1. The number of hydrogen-bond donors (Lipinski definition) is 0. The Labute approximate surface area is 202 Å². The van der Waals surface area contributed by atoms with Crippen LogP contribution in [-0.2, 0) is 26.2 Å². The van der Waals surface area contributed by atoms with Crippen LogP contribution in [-0.4, -0.2) is 37.8 Å². The van der Waals surface area contributed by atoms with Gasteiger partial charge in [0.2, 0.25) is 5.91 Å². The predicted molar refractivity (Wildman–Crippen MR) is 129 cm³/mol. The zero-order chi connectivity index (χ0) is 24.7. The first-order chi connectivity index (χ1) is 16.2. The standard InChI is InChI=1S/C26H33NO6S/c1-4-5-16-32-26(29)23-8-6-7-9-24(23)34(30,31)33-22-14-10-20(11-15-22)18-27(21-12-13-21)25(28)17-19(2)3/h6-11,14-15,19,21H,4-5,12-13,16-18H2,1-3H3. The maximum absolute atomic E-state index is 12.9. The van der Waals surface area contributed by atoms with E-state index in [1.807, 2.05) is 25.7 Å². The molecule has 0 heterocycles. The number of hydrogen-bond acceptors (Lipinski definition) is 6. The molecule has 7 nitrogen and oxygen atoms in total. The molecule has 0 atom stereocenters. The number of esters is 1. The average Bonchev–Trinajstić information content (AvgIpc) is 3.63. The number of nitrogens with zero attached hydrogens (tertiary/aromatic N) is 1. The molecule has 0 spiro atoms. The van der Waals surface area contributed by atoms with Gasteiger partial charge in [0.05, 0.1) is 12.2 Å². The first-order valence-corrected chi connectivity index (χ1v) is 13.2. The minimum absolute atomic E-state index is 0.0565. The molecule has 0 unspecified atom stereocenters. The van der Waals surface area contributed by atoms with Gasteiger partial charge in [-0.05, 0) is 55.0 Å². The minimum Gasteiger partial charge on any atom is -0.462 e. The Kier molecular flexibility index (Phi) is 8.72. The van der Waals surface area contributed by atoms with Crippen molar-refractivity contribution < 1.29 is 26.9 Å². The number of amides is 1. The third-order valence-corrected chi connectivity index (χ3v) is 6.79. The van der Waals surface area contributed by atoms with Gasteiger partial charge in [-0.1, -0.05) is 51.5 Å². The Morgan fingerprint density at radius 3 is 2.35 bits per heavy atom. The maximum Gasteiger partial charge on any atom is 0.340 e. The predicted octanol–water partition coefficient (Wildman–Crippen LogP) is 4.95. The Morgan fingerprint density at radius 2 is 1.74 bits per heavy atom. The van der Waals surface area contributed by atoms with E-state index in [0.29, 0.717) is 25.3 Å². The smallest absolute Gasteiger partial charge is 0.340 e. The molecule has 0 aliphatic heterocycles. The topological polar surface area (TPSA) is 90.0 Å². The SMILES string of the molecule is CCCCOC(=O)c1ccccc1S(=O)(=O)Oc1ccc(CN(C(=O)CC(C)C)C2CC2)cc1. The van der Waals surface area contributed by atoms with Crippen molar-refractivity contribution in [2.75, 3.05) is 6.61 Å². The van der Waals surface area contributed by atoms with Gasteiger partial charge < -0.3 is 13.8 Å². The van der Waals surface area contributed by atoms with Crippen molar-refractivity contribution in [1.82, 2.24) is 4.90 Å². The third-order valence-electron chi connectivity index (χ3n) is 5.48. The highest BCUT2D eigenvalue weighted by Gasteiger charge is 2.32. The van der Waals surface area contributed by atoms with Crippen LogP contribution < -0.4 is 4.18 Å². The van der Waals surface area contributed by atoms with E-state index in [0.717, 1.165) is 24.8 Å². The van der Waals surface area contributed by atoms with Gasteiger partial charge in [0.1, 0.15) is 10.6 Å². The van der Waals surface area contributed by atoms with Crippen LogP contribution in [0.25, 0.3) is 0 Å². The van der Waals surface area contributed by atoms with Crippen molar-refractivity contribution >= 4 is 22.0 Å². The molecule has 0 N–H and O–H groups in total. The van der Waals surface area contributed by atoms with Crippen molar-refractivity contribution in [2.24, 2.45) is 5.92 Å². The molecule has 1 aliphatic carbocycles. The summed E-state index contributed by atoms with van der Waals surface area (Å²) in [5, 5.41) is 0. The molecular formula is C26H33NO6S. The van der Waals surface area contributed by atoms with E-state index >= 15 is 0 Å². The second-order valence-corrected chi connectivity index (χ2v) is 10.5. The third kappa shape index (κ3) is 7.06. The normalized spacial score (nSPS) is 13.5. The Morgan fingerprint density at radius 1 is 1.06 bits per heavy atom. The van der Waals surface area contributed by atoms with Gasteiger partial charge in [0.25, 0.3) is 0 Å². The van der Waals surface area contributed by atoms with Crippen LogP contribution in [0.2, 0.25) is 0 Å². The van der Waals surface area contributed by atoms with Gasteiger partial charge in [-0.2, -0.15) is 8.42 Å². The van der Waals surface area contributed by atoms with Gasteiger partial charge in [-0.25, -0.2) is 4.79 Å². The van der Waals surface area contributed by atoms with Gasteiger partial charge in [0.15, 0.2) is 0 Å². The first kappa shape index (κ1) is 25.7. The molecule has 0 saturated heterocycles. The summed E-state index contributed by atoms with van der Waals surface area (Å²) < 4.78 is 36.3. The summed E-state index contributed by atoms with van der Waals surface area (Å²) in [6, 6.07) is 12.8. The summed E-state index contributed by atoms with van der Waals surface area (Å²) in [6.07, 6.45) is 4.10. The number of benzene rings is 2. The van der Waals surface area contributed by atoms with Crippen LogP contribution >= 0.6 is 0 Å². The van der Waals surface area contributed by atoms with E-state index in [-0.39, 0.29) is 34.8 Å². The molecular weight excluding hydrogens is 454 g/mol. The monoisotopic (exact) mass is 487 g/mol. The second-order valence-electron chi connectivity index (χ2n) is 9.02. The highest BCUT2D eigenvalue weighted by Crippen LogP contribution is 2.30. The van der Waals surface area contributed by atoms with Gasteiger partial charge in [-0.15, -0.1) is 0 Å². The molecule has 1 aliphatic rings. The van der Waals surface area contributed by atoms with Gasteiger partial charge >= 0.3 is 16.1 Å². The Bertz CT molecular complexity index is 1090. The lowest BCUT2D eigenvalue weighted by Crippen LogP contribution is -2.33. The second kappa shape index (κ2) is 11.5. The van der Waals surface area contributed by atoms with E-state index in [2.05, 4.69) is 0 Å². The summed E-state index contributed by atoms with van der Waals surface area (Å²) in [5.41, 5.74) is 0.840. The Balaban J connectivity index is 1.70. The van der Waals surface area contributed by atoms with E-state index in [1.54, 1.807) is 30.3 Å². The summed E-state index contributed by atoms with van der Waals surface area (Å²) in [4.78, 5) is 26.7. The molecule has 8 heteroatoms. The van der Waals surface area contributed by atoms with Gasteiger partial charge in [-0.3, -0.25) is 4.79 Å². The van der Waals surface area contributed by atoms with E-state index in [1.165, 1.54) is 18.2 Å². The van der Waals surface area contributed by atoms with Crippen LogP contribution in [0.5, 0.6) is 5.75 Å². The van der Waals surface area contributed by atoms with Crippen molar-refractivity contribution in [3.8, 4) is 5.75 Å². The number of carbonyl (C=O) groups excluding carboxylic acids is 2. The Hall–Kier alpha value is -2.87. The fourth-order valence-corrected chi connectivity index (χ4v) is 4.65. The zero-order valence-corrected chi connectivity index (χ0v) is 20.8. The number of carbonyl (C=O) groups is 2. The van der Waals surface area contributed by atoms with Crippen LogP contribution in [0.1, 0.15) is 68.8 Å². The van der Waals surface area contributed by atoms with E-state index in [4.69, 9.17) is 8.92 Å². The molecule has 0 aromatic heterocycles. The molecule has 2 aromatic carbocycles. The van der Waals surface area contributed by atoms with Crippen LogP contribution in [0.15, 0.2) is 53.4 Å². The largest absolute Gasteiger partial charge is 0.462 e. The molecule has 1 fully saturated rings. The van der Waals surface area contributed by atoms with E-state index in [9.17, 15) is 18.0 Å². The molecule has 34 heavy (non-hydrogen) atoms. The van der Waals surface area contributed by atoms with Crippen molar-refractivity contribution in [3.63, 3.8) is 0 Å². The fraction of sp³-hybridized carbons (Fsp3) is 0.462. The van der Waals surface area contributed by atoms with Gasteiger partial charge in [0, 0.05) is 19.0 Å². The van der Waals surface area contributed by atoms with Crippen LogP contribution in [0.4, 0.5) is 0 Å². The minimum atomic E-state index is -4.25. The van der Waals surface area contributed by atoms with Crippen molar-refractivity contribution in [2.45, 2.75) is 70.4 Å². The first-order valence-electron chi connectivity index (χ1n) is 11.8. The lowest BCUT2D eigenvalue weighted by Gasteiger charge is -2.23. The van der Waals surface area contributed by atoms with Crippen LogP contribution in [0, 0.1) is 5.92 Å². The highest BCUT2D eigenvalue weighted by molar-refractivity contribution is 7.87. The van der Waals surface area contributed by atoms with E-state index < -0.39 is 16.1 Å². The summed E-state index contributed by atoms with van der Waals surface area (Å²) in [6.45, 7) is 6.73. The molecule has 0 bridgehead atoms. The molecule has 1 amide bonds. The summed E-state index contributed by atoms with van der Waals surface area (Å²) in [7, 11) is -4.25. The van der Waals surface area contributed by atoms with Crippen LogP contribution in [0.3, 0.4) is 0 Å². The maximum atomic E-state index is 12.9. The number of rotatable bonds is 12. The molecule has 184 valence electrons. The molecule has 1 saturated carbocycles. The molecule has 3 rings (SSSR count). The molecule has 0 radical (unpaired) electrons. The highest BCUT2D eigenvalue weighted by atomic mass is 32.2. The molecule has 2 aromatic rings. The zero-order valence-electron chi connectivity index (χ0n) is 20.0. The quantitative estimate of drug-likeness (QED) is 0.239. The number of ether oxygens (including phenoxy) is 1. The summed E-state index contributed by atoms with van der Waals surface area (Å²) in [5.74, 6) is -0.133.